The predicted octanol–water partition coefficient (Wildman–Crippen LogP) is 4.73. The Balaban J connectivity index is 1.44. The van der Waals surface area contributed by atoms with Crippen LogP contribution < -0.4 is 4.90 Å². The van der Waals surface area contributed by atoms with Crippen LogP contribution in [0.4, 0.5) is 5.13 Å². The number of rotatable bonds is 4. The van der Waals surface area contributed by atoms with Crippen LogP contribution >= 0.6 is 22.9 Å². The van der Waals surface area contributed by atoms with Crippen molar-refractivity contribution in [2.75, 3.05) is 24.5 Å². The van der Waals surface area contributed by atoms with E-state index in [1.807, 2.05) is 24.3 Å². The molecular formula is C21H21ClN4S. The van der Waals surface area contributed by atoms with Crippen molar-refractivity contribution in [1.82, 2.24) is 9.88 Å². The lowest BCUT2D eigenvalue weighted by molar-refractivity contribution is 0.181. The lowest BCUT2D eigenvalue weighted by Crippen LogP contribution is -2.51. The Morgan fingerprint density at radius 3 is 2.89 bits per heavy atom. The zero-order valence-corrected chi connectivity index (χ0v) is 16.8. The molecule has 1 unspecified atom stereocenters. The fourth-order valence-electron chi connectivity index (χ4n) is 3.59. The Bertz CT molecular complexity index is 993. The molecule has 4 rings (SSSR count). The van der Waals surface area contributed by atoms with Gasteiger partial charge >= 0.3 is 0 Å². The second-order valence-corrected chi connectivity index (χ2v) is 8.47. The molecule has 138 valence electrons. The minimum absolute atomic E-state index is 0.439. The number of thiazole rings is 1. The second kappa shape index (κ2) is 7.85. The van der Waals surface area contributed by atoms with Gasteiger partial charge in [0.25, 0.3) is 0 Å². The summed E-state index contributed by atoms with van der Waals surface area (Å²) in [7, 11) is 0. The van der Waals surface area contributed by atoms with E-state index in [-0.39, 0.29) is 0 Å². The molecule has 4 nitrogen and oxygen atoms in total. The first-order valence-corrected chi connectivity index (χ1v) is 10.3. The number of halogens is 1. The quantitative estimate of drug-likeness (QED) is 0.639. The van der Waals surface area contributed by atoms with Crippen molar-refractivity contribution in [3.8, 4) is 6.07 Å². The third-order valence-corrected chi connectivity index (χ3v) is 6.35. The van der Waals surface area contributed by atoms with Crippen LogP contribution in [0.1, 0.15) is 18.1 Å². The molecule has 2 aromatic carbocycles. The molecule has 1 aromatic heterocycles. The molecule has 0 amide bonds. The number of hydrogen-bond acceptors (Lipinski definition) is 5. The summed E-state index contributed by atoms with van der Waals surface area (Å²) in [6.45, 7) is 6.13. The average molecular weight is 397 g/mol. The molecule has 1 aliphatic heterocycles. The van der Waals surface area contributed by atoms with Gasteiger partial charge in [-0.15, -0.1) is 0 Å². The van der Waals surface area contributed by atoms with E-state index in [0.29, 0.717) is 12.5 Å². The van der Waals surface area contributed by atoms with Crippen LogP contribution in [-0.2, 0) is 13.0 Å². The molecule has 3 aromatic rings. The average Bonchev–Trinajstić information content (AvgIpc) is 3.07. The lowest BCUT2D eigenvalue weighted by Gasteiger charge is -2.39. The van der Waals surface area contributed by atoms with Crippen molar-refractivity contribution in [2.45, 2.75) is 25.9 Å². The summed E-state index contributed by atoms with van der Waals surface area (Å²) < 4.78 is 1.14. The summed E-state index contributed by atoms with van der Waals surface area (Å²) in [5.74, 6) is 0. The van der Waals surface area contributed by atoms with E-state index in [9.17, 15) is 0 Å². The number of benzene rings is 2. The minimum Gasteiger partial charge on any atom is -0.345 e. The van der Waals surface area contributed by atoms with Gasteiger partial charge in [-0.25, -0.2) is 4.98 Å². The van der Waals surface area contributed by atoms with Crippen molar-refractivity contribution in [3.05, 3.63) is 58.6 Å². The van der Waals surface area contributed by atoms with E-state index in [0.717, 1.165) is 52.1 Å². The van der Waals surface area contributed by atoms with Crippen LogP contribution in [0.5, 0.6) is 0 Å². The SMILES string of the molecule is CC1CN(c2nc3ccc(Cl)cc3s2)CCN1Cc1cccc(CC#N)c1. The maximum atomic E-state index is 8.90. The number of anilines is 1. The van der Waals surface area contributed by atoms with Gasteiger partial charge in [0.1, 0.15) is 0 Å². The number of nitriles is 1. The van der Waals surface area contributed by atoms with Gasteiger partial charge in [0.15, 0.2) is 5.13 Å². The van der Waals surface area contributed by atoms with Gasteiger partial charge in [0, 0.05) is 37.2 Å². The van der Waals surface area contributed by atoms with Gasteiger partial charge in [-0.1, -0.05) is 47.2 Å². The molecule has 2 heterocycles. The Kier molecular flexibility index (Phi) is 5.31. The number of aromatic nitrogens is 1. The molecular weight excluding hydrogens is 376 g/mol. The van der Waals surface area contributed by atoms with Gasteiger partial charge in [-0.05, 0) is 36.2 Å². The normalized spacial score (nSPS) is 18.0. The zero-order chi connectivity index (χ0) is 18.8. The monoisotopic (exact) mass is 396 g/mol. The Labute approximate surface area is 168 Å². The third kappa shape index (κ3) is 4.08. The molecule has 1 atom stereocenters. The van der Waals surface area contributed by atoms with Gasteiger partial charge in [0.05, 0.1) is 22.7 Å². The summed E-state index contributed by atoms with van der Waals surface area (Å²) in [5.41, 5.74) is 3.39. The van der Waals surface area contributed by atoms with Crippen molar-refractivity contribution < 1.29 is 0 Å². The smallest absolute Gasteiger partial charge is 0.186 e. The number of hydrogen-bond donors (Lipinski definition) is 0. The fraction of sp³-hybridized carbons (Fsp3) is 0.333. The first-order chi connectivity index (χ1) is 13.1. The van der Waals surface area contributed by atoms with Gasteiger partial charge < -0.3 is 4.90 Å². The van der Waals surface area contributed by atoms with E-state index in [1.165, 1.54) is 5.56 Å². The van der Waals surface area contributed by atoms with E-state index < -0.39 is 0 Å². The molecule has 1 saturated heterocycles. The topological polar surface area (TPSA) is 43.2 Å². The lowest BCUT2D eigenvalue weighted by atomic mass is 10.1. The van der Waals surface area contributed by atoms with Crippen LogP contribution in [-0.4, -0.2) is 35.6 Å². The number of nitrogens with zero attached hydrogens (tertiary/aromatic N) is 4. The fourth-order valence-corrected chi connectivity index (χ4v) is 4.87. The molecule has 27 heavy (non-hydrogen) atoms. The van der Waals surface area contributed by atoms with E-state index in [2.05, 4.69) is 41.0 Å². The summed E-state index contributed by atoms with van der Waals surface area (Å²) in [6.07, 6.45) is 0.471. The highest BCUT2D eigenvalue weighted by Gasteiger charge is 2.25. The largest absolute Gasteiger partial charge is 0.345 e. The van der Waals surface area contributed by atoms with Crippen LogP contribution in [0.15, 0.2) is 42.5 Å². The van der Waals surface area contributed by atoms with E-state index in [1.54, 1.807) is 11.3 Å². The third-order valence-electron chi connectivity index (χ3n) is 5.04. The molecule has 1 fully saturated rings. The molecule has 0 spiro atoms. The van der Waals surface area contributed by atoms with Gasteiger partial charge in [0.2, 0.25) is 0 Å². The molecule has 0 bridgehead atoms. The number of fused-ring (bicyclic) bond motifs is 1. The van der Waals surface area contributed by atoms with E-state index >= 15 is 0 Å². The highest BCUT2D eigenvalue weighted by atomic mass is 35.5. The van der Waals surface area contributed by atoms with Crippen LogP contribution in [0.25, 0.3) is 10.2 Å². The highest BCUT2D eigenvalue weighted by Crippen LogP contribution is 2.32. The summed E-state index contributed by atoms with van der Waals surface area (Å²) >= 11 is 7.82. The first kappa shape index (κ1) is 18.2. The molecule has 0 saturated carbocycles. The van der Waals surface area contributed by atoms with Crippen LogP contribution in [0.3, 0.4) is 0 Å². The molecule has 0 aliphatic carbocycles. The van der Waals surface area contributed by atoms with Crippen molar-refractivity contribution in [2.24, 2.45) is 0 Å². The van der Waals surface area contributed by atoms with Crippen molar-refractivity contribution in [3.63, 3.8) is 0 Å². The Hall–Kier alpha value is -2.13. The maximum Gasteiger partial charge on any atom is 0.186 e. The van der Waals surface area contributed by atoms with Gasteiger partial charge in [-0.2, -0.15) is 5.26 Å². The molecule has 0 N–H and O–H groups in total. The van der Waals surface area contributed by atoms with Crippen molar-refractivity contribution in [1.29, 1.82) is 5.26 Å². The summed E-state index contributed by atoms with van der Waals surface area (Å²) in [5, 5.41) is 10.7. The zero-order valence-electron chi connectivity index (χ0n) is 15.2. The van der Waals surface area contributed by atoms with Crippen LogP contribution in [0.2, 0.25) is 5.02 Å². The minimum atomic E-state index is 0.439. The summed E-state index contributed by atoms with van der Waals surface area (Å²) in [6, 6.07) is 16.9. The Morgan fingerprint density at radius 2 is 2.07 bits per heavy atom. The summed E-state index contributed by atoms with van der Waals surface area (Å²) in [4.78, 5) is 9.68. The Morgan fingerprint density at radius 1 is 1.22 bits per heavy atom. The molecule has 6 heteroatoms. The first-order valence-electron chi connectivity index (χ1n) is 9.12. The van der Waals surface area contributed by atoms with Crippen LogP contribution in [0, 0.1) is 11.3 Å². The second-order valence-electron chi connectivity index (χ2n) is 7.03. The van der Waals surface area contributed by atoms with E-state index in [4.69, 9.17) is 21.8 Å². The molecule has 1 aliphatic rings. The molecule has 0 radical (unpaired) electrons. The number of piperazine rings is 1. The highest BCUT2D eigenvalue weighted by molar-refractivity contribution is 7.22. The standard InChI is InChI=1S/C21H21ClN4S/c1-15-13-26(21-24-19-6-5-18(22)12-20(19)27-21)10-9-25(15)14-17-4-2-3-16(11-17)7-8-23/h2-6,11-12,15H,7,9-10,13-14H2,1H3. The maximum absolute atomic E-state index is 8.90. The van der Waals surface area contributed by atoms with Gasteiger partial charge in [-0.3, -0.25) is 4.90 Å². The predicted molar refractivity (Wildman–Crippen MR) is 112 cm³/mol. The van der Waals surface area contributed by atoms with Crippen molar-refractivity contribution >= 4 is 38.3 Å².